The average molecular weight is 424 g/mol. The van der Waals surface area contributed by atoms with Gasteiger partial charge in [0.1, 0.15) is 16.8 Å². The Labute approximate surface area is 181 Å². The fraction of sp³-hybridized carbons (Fsp3) is 0.400. The van der Waals surface area contributed by atoms with E-state index in [0.717, 1.165) is 77.1 Å². The van der Waals surface area contributed by atoms with Crippen LogP contribution in [0.15, 0.2) is 46.9 Å². The van der Waals surface area contributed by atoms with Gasteiger partial charge in [-0.15, -0.1) is 0 Å². The SMILES string of the molecule is OCCCCCOc1ccc2oc3c4ccccc4c(OCCCCCO)nc3c2c1. The second-order valence-electron chi connectivity index (χ2n) is 7.67. The van der Waals surface area contributed by atoms with E-state index in [2.05, 4.69) is 0 Å². The number of hydrogen-bond donors (Lipinski definition) is 2. The van der Waals surface area contributed by atoms with Crippen molar-refractivity contribution >= 4 is 32.8 Å². The molecule has 0 saturated heterocycles. The first-order valence-corrected chi connectivity index (χ1v) is 11.0. The number of hydrogen-bond acceptors (Lipinski definition) is 6. The van der Waals surface area contributed by atoms with E-state index in [1.165, 1.54) is 0 Å². The molecule has 0 aliphatic rings. The fourth-order valence-corrected chi connectivity index (χ4v) is 3.73. The fourth-order valence-electron chi connectivity index (χ4n) is 3.73. The predicted molar refractivity (Wildman–Crippen MR) is 122 cm³/mol. The number of ether oxygens (including phenoxy) is 2. The lowest BCUT2D eigenvalue weighted by Gasteiger charge is -2.09. The van der Waals surface area contributed by atoms with Gasteiger partial charge in [0.15, 0.2) is 5.58 Å². The zero-order chi connectivity index (χ0) is 21.5. The van der Waals surface area contributed by atoms with Crippen LogP contribution in [0.3, 0.4) is 0 Å². The zero-order valence-electron chi connectivity index (χ0n) is 17.7. The lowest BCUT2D eigenvalue weighted by atomic mass is 10.1. The Morgan fingerprint density at radius 3 is 2.19 bits per heavy atom. The molecule has 4 rings (SSSR count). The van der Waals surface area contributed by atoms with Gasteiger partial charge in [0.2, 0.25) is 5.88 Å². The van der Waals surface area contributed by atoms with Crippen LogP contribution in [0.25, 0.3) is 32.8 Å². The summed E-state index contributed by atoms with van der Waals surface area (Å²) in [6, 6.07) is 13.8. The molecule has 31 heavy (non-hydrogen) atoms. The minimum Gasteiger partial charge on any atom is -0.494 e. The Morgan fingerprint density at radius 1 is 0.742 bits per heavy atom. The molecule has 2 N–H and O–H groups in total. The minimum atomic E-state index is 0.208. The van der Waals surface area contributed by atoms with Crippen LogP contribution in [0.5, 0.6) is 11.6 Å². The Balaban J connectivity index is 1.64. The molecular weight excluding hydrogens is 394 g/mol. The van der Waals surface area contributed by atoms with Crippen LogP contribution in [-0.2, 0) is 0 Å². The number of pyridine rings is 1. The maximum absolute atomic E-state index is 8.95. The second kappa shape index (κ2) is 10.5. The van der Waals surface area contributed by atoms with Crippen molar-refractivity contribution < 1.29 is 24.1 Å². The minimum absolute atomic E-state index is 0.208. The normalized spacial score (nSPS) is 11.5. The molecule has 2 aromatic heterocycles. The van der Waals surface area contributed by atoms with E-state index in [4.69, 9.17) is 29.1 Å². The highest BCUT2D eigenvalue weighted by molar-refractivity contribution is 6.14. The van der Waals surface area contributed by atoms with Crippen LogP contribution in [-0.4, -0.2) is 41.6 Å². The maximum Gasteiger partial charge on any atom is 0.222 e. The van der Waals surface area contributed by atoms with Crippen molar-refractivity contribution in [3.05, 3.63) is 42.5 Å². The van der Waals surface area contributed by atoms with Crippen molar-refractivity contribution in [3.63, 3.8) is 0 Å². The van der Waals surface area contributed by atoms with Crippen LogP contribution >= 0.6 is 0 Å². The third-order valence-electron chi connectivity index (χ3n) is 5.36. The Kier molecular flexibility index (Phi) is 7.22. The number of aliphatic hydroxyl groups is 2. The predicted octanol–water partition coefficient (Wildman–Crippen LogP) is 5.22. The monoisotopic (exact) mass is 423 g/mol. The van der Waals surface area contributed by atoms with Gasteiger partial charge in [0.05, 0.1) is 18.6 Å². The van der Waals surface area contributed by atoms with Gasteiger partial charge in [0.25, 0.3) is 0 Å². The maximum atomic E-state index is 8.95. The third kappa shape index (κ3) is 4.92. The Bertz CT molecular complexity index is 1140. The summed E-state index contributed by atoms with van der Waals surface area (Å²) in [5, 5.41) is 20.6. The summed E-state index contributed by atoms with van der Waals surface area (Å²) in [6.07, 6.45) is 5.22. The summed E-state index contributed by atoms with van der Waals surface area (Å²) >= 11 is 0. The summed E-state index contributed by atoms with van der Waals surface area (Å²) in [5.41, 5.74) is 2.28. The second-order valence-corrected chi connectivity index (χ2v) is 7.67. The molecule has 0 spiro atoms. The van der Waals surface area contributed by atoms with E-state index in [1.807, 2.05) is 42.5 Å². The van der Waals surface area contributed by atoms with E-state index in [0.29, 0.717) is 19.1 Å². The number of unbranched alkanes of at least 4 members (excludes halogenated alkanes) is 4. The molecule has 4 aromatic rings. The quantitative estimate of drug-likeness (QED) is 0.304. The van der Waals surface area contributed by atoms with Crippen molar-refractivity contribution in [1.82, 2.24) is 4.98 Å². The first-order valence-electron chi connectivity index (χ1n) is 11.0. The van der Waals surface area contributed by atoms with Crippen molar-refractivity contribution in [2.24, 2.45) is 0 Å². The smallest absolute Gasteiger partial charge is 0.222 e. The standard InChI is InChI=1S/C25H29NO5/c27-13-5-1-7-15-29-18-11-12-22-21(17-18)23-24(31-22)19-9-3-4-10-20(19)25(26-23)30-16-8-2-6-14-28/h3-4,9-12,17,27-28H,1-2,5-8,13-16H2. The first-order chi connectivity index (χ1) is 15.3. The van der Waals surface area contributed by atoms with Crippen molar-refractivity contribution in [2.45, 2.75) is 38.5 Å². The van der Waals surface area contributed by atoms with Crippen LogP contribution in [0.2, 0.25) is 0 Å². The van der Waals surface area contributed by atoms with Crippen LogP contribution in [0, 0.1) is 0 Å². The van der Waals surface area contributed by atoms with Gasteiger partial charge in [-0.2, -0.15) is 0 Å². The molecule has 164 valence electrons. The molecule has 2 heterocycles. The number of benzene rings is 2. The number of fused-ring (bicyclic) bond motifs is 5. The van der Waals surface area contributed by atoms with Gasteiger partial charge in [-0.05, 0) is 62.8 Å². The lowest BCUT2D eigenvalue weighted by Crippen LogP contribution is -2.00. The summed E-state index contributed by atoms with van der Waals surface area (Å²) < 4.78 is 18.1. The third-order valence-corrected chi connectivity index (χ3v) is 5.36. The van der Waals surface area contributed by atoms with Gasteiger partial charge in [-0.25, -0.2) is 4.98 Å². The molecule has 6 nitrogen and oxygen atoms in total. The number of furan rings is 1. The van der Waals surface area contributed by atoms with E-state index >= 15 is 0 Å². The number of nitrogens with zero attached hydrogens (tertiary/aromatic N) is 1. The van der Waals surface area contributed by atoms with E-state index in [-0.39, 0.29) is 13.2 Å². The van der Waals surface area contributed by atoms with Gasteiger partial charge < -0.3 is 24.1 Å². The average Bonchev–Trinajstić information content (AvgIpc) is 3.17. The molecule has 0 atom stereocenters. The summed E-state index contributed by atoms with van der Waals surface area (Å²) in [7, 11) is 0. The van der Waals surface area contributed by atoms with Gasteiger partial charge in [0, 0.05) is 24.0 Å². The molecule has 0 radical (unpaired) electrons. The van der Waals surface area contributed by atoms with E-state index in [1.54, 1.807) is 0 Å². The van der Waals surface area contributed by atoms with Gasteiger partial charge >= 0.3 is 0 Å². The molecule has 0 fully saturated rings. The largest absolute Gasteiger partial charge is 0.494 e. The van der Waals surface area contributed by atoms with Crippen molar-refractivity contribution in [1.29, 1.82) is 0 Å². The van der Waals surface area contributed by atoms with E-state index < -0.39 is 0 Å². The Morgan fingerprint density at radius 2 is 1.45 bits per heavy atom. The first kappa shape index (κ1) is 21.4. The Hall–Kier alpha value is -2.83. The highest BCUT2D eigenvalue weighted by Gasteiger charge is 2.16. The highest BCUT2D eigenvalue weighted by Crippen LogP contribution is 2.37. The molecule has 2 aromatic carbocycles. The zero-order valence-corrected chi connectivity index (χ0v) is 17.7. The van der Waals surface area contributed by atoms with Crippen LogP contribution < -0.4 is 9.47 Å². The molecule has 0 aliphatic heterocycles. The molecule has 0 aliphatic carbocycles. The van der Waals surface area contributed by atoms with Crippen molar-refractivity contribution in [2.75, 3.05) is 26.4 Å². The van der Waals surface area contributed by atoms with Crippen LogP contribution in [0.1, 0.15) is 38.5 Å². The summed E-state index contributed by atoms with van der Waals surface area (Å²) in [6.45, 7) is 1.60. The lowest BCUT2D eigenvalue weighted by molar-refractivity contribution is 0.264. The number of rotatable bonds is 12. The molecule has 0 bridgehead atoms. The van der Waals surface area contributed by atoms with Gasteiger partial charge in [-0.3, -0.25) is 0 Å². The molecular formula is C25H29NO5. The molecule has 6 heteroatoms. The van der Waals surface area contributed by atoms with Crippen LogP contribution in [0.4, 0.5) is 0 Å². The molecule has 0 unspecified atom stereocenters. The summed E-state index contributed by atoms with van der Waals surface area (Å²) in [4.78, 5) is 4.82. The van der Waals surface area contributed by atoms with Gasteiger partial charge in [-0.1, -0.05) is 18.2 Å². The highest BCUT2D eigenvalue weighted by atomic mass is 16.5. The number of aromatic nitrogens is 1. The topological polar surface area (TPSA) is 85.0 Å². The number of aliphatic hydroxyl groups excluding tert-OH is 2. The van der Waals surface area contributed by atoms with Crippen molar-refractivity contribution in [3.8, 4) is 11.6 Å². The van der Waals surface area contributed by atoms with E-state index in [9.17, 15) is 0 Å². The molecule has 0 saturated carbocycles. The summed E-state index contributed by atoms with van der Waals surface area (Å²) in [5.74, 6) is 1.38. The molecule has 0 amide bonds.